The van der Waals surface area contributed by atoms with E-state index in [1.807, 2.05) is 13.8 Å². The Morgan fingerprint density at radius 3 is 2.66 bits per heavy atom. The molecule has 1 fully saturated rings. The minimum absolute atomic E-state index is 0. The van der Waals surface area contributed by atoms with E-state index in [1.54, 1.807) is 0 Å². The number of aromatic nitrogens is 1. The van der Waals surface area contributed by atoms with Crippen molar-refractivity contribution >= 4 is 29.9 Å². The Morgan fingerprint density at radius 1 is 1.24 bits per heavy atom. The number of hydrogen-bond donors (Lipinski definition) is 2. The van der Waals surface area contributed by atoms with Gasteiger partial charge in [-0.15, -0.1) is 24.0 Å². The third-order valence-corrected chi connectivity index (χ3v) is 5.37. The second-order valence-corrected chi connectivity index (χ2v) is 7.69. The molecule has 2 aromatic rings. The molecule has 2 heterocycles. The average molecular weight is 511 g/mol. The van der Waals surface area contributed by atoms with Gasteiger partial charge >= 0.3 is 0 Å². The molecule has 1 aromatic heterocycles. The van der Waals surface area contributed by atoms with Gasteiger partial charge in [-0.1, -0.05) is 30.3 Å². The number of oxazole rings is 1. The number of nitrogens with one attached hydrogen (secondary N) is 2. The van der Waals surface area contributed by atoms with Crippen LogP contribution in [0.5, 0.6) is 0 Å². The van der Waals surface area contributed by atoms with Crippen molar-refractivity contribution in [3.8, 4) is 0 Å². The fourth-order valence-electron chi connectivity index (χ4n) is 3.74. The summed E-state index contributed by atoms with van der Waals surface area (Å²) in [5.74, 6) is 2.97. The van der Waals surface area contributed by atoms with Crippen LogP contribution in [-0.2, 0) is 13.1 Å². The van der Waals surface area contributed by atoms with Crippen LogP contribution in [0.4, 0.5) is 0 Å². The first kappa shape index (κ1) is 23.7. The summed E-state index contributed by atoms with van der Waals surface area (Å²) in [6.07, 6.45) is 1.21. The molecule has 1 aromatic carbocycles. The summed E-state index contributed by atoms with van der Waals surface area (Å²) in [5.41, 5.74) is 2.32. The fraction of sp³-hybridized carbons (Fsp3) is 0.545. The highest BCUT2D eigenvalue weighted by Gasteiger charge is 2.28. The molecule has 1 aliphatic heterocycles. The lowest BCUT2D eigenvalue weighted by Gasteiger charge is -2.21. The molecule has 0 saturated carbocycles. The number of benzene rings is 1. The highest BCUT2D eigenvalue weighted by atomic mass is 127. The predicted octanol–water partition coefficient (Wildman–Crippen LogP) is 3.88. The molecule has 0 radical (unpaired) electrons. The zero-order chi connectivity index (χ0) is 19.9. The SMILES string of the molecule is CCNC(=NCc1nc(C)c(C)o1)NCC1CC(C)N(Cc2ccccc2)C1.I. The van der Waals surface area contributed by atoms with Crippen molar-refractivity contribution in [1.82, 2.24) is 20.5 Å². The first-order valence-corrected chi connectivity index (χ1v) is 10.3. The predicted molar refractivity (Wildman–Crippen MR) is 129 cm³/mol. The molecule has 2 unspecified atom stereocenters. The van der Waals surface area contributed by atoms with Crippen molar-refractivity contribution in [2.45, 2.75) is 53.2 Å². The molecular weight excluding hydrogens is 477 g/mol. The Bertz CT molecular complexity index is 757. The van der Waals surface area contributed by atoms with E-state index in [1.165, 1.54) is 12.0 Å². The Balaban J connectivity index is 0.00000300. The molecule has 160 valence electrons. The van der Waals surface area contributed by atoms with E-state index in [0.29, 0.717) is 24.4 Å². The monoisotopic (exact) mass is 511 g/mol. The fourth-order valence-corrected chi connectivity index (χ4v) is 3.74. The smallest absolute Gasteiger partial charge is 0.216 e. The lowest BCUT2D eigenvalue weighted by Crippen LogP contribution is -2.40. The summed E-state index contributed by atoms with van der Waals surface area (Å²) >= 11 is 0. The molecule has 2 atom stereocenters. The Kier molecular flexibility index (Phi) is 9.42. The van der Waals surface area contributed by atoms with E-state index in [-0.39, 0.29) is 24.0 Å². The van der Waals surface area contributed by atoms with Crippen LogP contribution in [0.2, 0.25) is 0 Å². The number of guanidine groups is 1. The van der Waals surface area contributed by atoms with Gasteiger partial charge in [-0.05, 0) is 45.6 Å². The van der Waals surface area contributed by atoms with Crippen LogP contribution in [0.1, 0.15) is 43.2 Å². The molecule has 0 aliphatic carbocycles. The molecule has 3 rings (SSSR count). The number of hydrogen-bond acceptors (Lipinski definition) is 4. The molecule has 0 amide bonds. The van der Waals surface area contributed by atoms with Crippen LogP contribution >= 0.6 is 24.0 Å². The summed E-state index contributed by atoms with van der Waals surface area (Å²) in [5, 5.41) is 6.82. The second-order valence-electron chi connectivity index (χ2n) is 7.69. The highest BCUT2D eigenvalue weighted by molar-refractivity contribution is 14.0. The minimum atomic E-state index is 0. The van der Waals surface area contributed by atoms with Gasteiger partial charge in [0.1, 0.15) is 12.3 Å². The molecule has 2 N–H and O–H groups in total. The zero-order valence-electron chi connectivity index (χ0n) is 17.9. The molecule has 0 bridgehead atoms. The maximum absolute atomic E-state index is 5.63. The Morgan fingerprint density at radius 2 is 2.00 bits per heavy atom. The molecule has 29 heavy (non-hydrogen) atoms. The lowest BCUT2D eigenvalue weighted by atomic mass is 10.1. The standard InChI is InChI=1S/C22H33N5O.HI/c1-5-23-22(25-13-21-26-17(3)18(4)28-21)24-12-20-11-16(2)27(15-20)14-19-9-7-6-8-10-19;/h6-10,16,20H,5,11-15H2,1-4H3,(H2,23,24,25);1H. The number of rotatable bonds is 7. The van der Waals surface area contributed by atoms with E-state index >= 15 is 0 Å². The normalized spacial score (nSPS) is 19.8. The molecule has 0 spiro atoms. The van der Waals surface area contributed by atoms with Gasteiger partial charge in [-0.2, -0.15) is 0 Å². The molecule has 7 heteroatoms. The van der Waals surface area contributed by atoms with Crippen molar-refractivity contribution in [2.24, 2.45) is 10.9 Å². The van der Waals surface area contributed by atoms with Crippen molar-refractivity contribution in [3.05, 3.63) is 53.2 Å². The highest BCUT2D eigenvalue weighted by Crippen LogP contribution is 2.24. The molecular formula is C22H34IN5O. The van der Waals surface area contributed by atoms with Crippen LogP contribution in [-0.4, -0.2) is 41.5 Å². The van der Waals surface area contributed by atoms with Crippen LogP contribution in [0.25, 0.3) is 0 Å². The lowest BCUT2D eigenvalue weighted by molar-refractivity contribution is 0.255. The van der Waals surface area contributed by atoms with Crippen LogP contribution in [0, 0.1) is 19.8 Å². The summed E-state index contributed by atoms with van der Waals surface area (Å²) in [4.78, 5) is 11.6. The number of halogens is 1. The van der Waals surface area contributed by atoms with Gasteiger partial charge in [-0.3, -0.25) is 4.90 Å². The van der Waals surface area contributed by atoms with Crippen molar-refractivity contribution in [1.29, 1.82) is 0 Å². The first-order chi connectivity index (χ1) is 13.5. The van der Waals surface area contributed by atoms with E-state index < -0.39 is 0 Å². The number of aryl methyl sites for hydroxylation is 2. The summed E-state index contributed by atoms with van der Waals surface area (Å²) in [7, 11) is 0. The number of likely N-dealkylation sites (tertiary alicyclic amines) is 1. The van der Waals surface area contributed by atoms with Gasteiger partial charge in [0, 0.05) is 32.2 Å². The first-order valence-electron chi connectivity index (χ1n) is 10.3. The third kappa shape index (κ3) is 6.99. The van der Waals surface area contributed by atoms with Gasteiger partial charge in [0.25, 0.3) is 0 Å². The van der Waals surface area contributed by atoms with E-state index in [9.17, 15) is 0 Å². The third-order valence-electron chi connectivity index (χ3n) is 5.37. The van der Waals surface area contributed by atoms with E-state index in [2.05, 4.69) is 69.7 Å². The van der Waals surface area contributed by atoms with E-state index in [4.69, 9.17) is 4.42 Å². The minimum Gasteiger partial charge on any atom is -0.444 e. The molecule has 6 nitrogen and oxygen atoms in total. The Labute approximate surface area is 191 Å². The van der Waals surface area contributed by atoms with Crippen LogP contribution < -0.4 is 10.6 Å². The van der Waals surface area contributed by atoms with Crippen LogP contribution in [0.15, 0.2) is 39.7 Å². The van der Waals surface area contributed by atoms with Crippen LogP contribution in [0.3, 0.4) is 0 Å². The van der Waals surface area contributed by atoms with Gasteiger partial charge < -0.3 is 15.1 Å². The topological polar surface area (TPSA) is 65.7 Å². The maximum Gasteiger partial charge on any atom is 0.216 e. The van der Waals surface area contributed by atoms with Gasteiger partial charge in [0.2, 0.25) is 5.89 Å². The Hall–Kier alpha value is -1.61. The molecule has 1 aliphatic rings. The maximum atomic E-state index is 5.63. The summed E-state index contributed by atoms with van der Waals surface area (Å²) in [6, 6.07) is 11.3. The number of aliphatic imine (C=N–C) groups is 1. The molecule has 1 saturated heterocycles. The van der Waals surface area contributed by atoms with Gasteiger partial charge in [0.15, 0.2) is 5.96 Å². The van der Waals surface area contributed by atoms with Gasteiger partial charge in [-0.25, -0.2) is 9.98 Å². The van der Waals surface area contributed by atoms with Crippen molar-refractivity contribution in [3.63, 3.8) is 0 Å². The zero-order valence-corrected chi connectivity index (χ0v) is 20.3. The van der Waals surface area contributed by atoms with Crippen molar-refractivity contribution < 1.29 is 4.42 Å². The van der Waals surface area contributed by atoms with Crippen molar-refractivity contribution in [2.75, 3.05) is 19.6 Å². The largest absolute Gasteiger partial charge is 0.444 e. The van der Waals surface area contributed by atoms with Gasteiger partial charge in [0.05, 0.1) is 5.69 Å². The quantitative estimate of drug-likeness (QED) is 0.336. The van der Waals surface area contributed by atoms with E-state index in [0.717, 1.165) is 43.6 Å². The summed E-state index contributed by atoms with van der Waals surface area (Å²) in [6.45, 7) is 12.6. The number of nitrogens with zero attached hydrogens (tertiary/aromatic N) is 3. The second kappa shape index (κ2) is 11.5. The average Bonchev–Trinajstić information content (AvgIpc) is 3.20. The summed E-state index contributed by atoms with van der Waals surface area (Å²) < 4.78 is 5.63.